The molecule has 3 N–H and O–H groups in total. The number of carbonyl (C=O) groups excluding carboxylic acids is 1. The fourth-order valence-electron chi connectivity index (χ4n) is 1.80. The Morgan fingerprint density at radius 3 is 2.33 bits per heavy atom. The monoisotopic (exact) mass is 344 g/mol. The molecule has 0 aliphatic carbocycles. The van der Waals surface area contributed by atoms with Crippen LogP contribution in [0, 0.1) is 5.92 Å². The molecule has 24 heavy (non-hydrogen) atoms. The van der Waals surface area contributed by atoms with Crippen LogP contribution in [0.15, 0.2) is 4.99 Å². The van der Waals surface area contributed by atoms with E-state index < -0.39 is 11.7 Å². The average molecular weight is 345 g/mol. The van der Waals surface area contributed by atoms with E-state index in [2.05, 4.69) is 20.9 Å². The van der Waals surface area contributed by atoms with Crippen molar-refractivity contribution in [1.29, 1.82) is 0 Å². The maximum atomic E-state index is 12.0. The molecule has 0 aromatic carbocycles. The van der Waals surface area contributed by atoms with Gasteiger partial charge in [0.05, 0.1) is 19.2 Å². The molecule has 0 radical (unpaired) electrons. The fourth-order valence-corrected chi connectivity index (χ4v) is 1.80. The number of aliphatic imine (C=N–C) groups is 1. The summed E-state index contributed by atoms with van der Waals surface area (Å²) in [6, 6.07) is -0.0952. The number of guanidine groups is 1. The zero-order valence-electron chi connectivity index (χ0n) is 16.4. The molecule has 1 atom stereocenters. The molecule has 0 aliphatic rings. The van der Waals surface area contributed by atoms with E-state index in [1.807, 2.05) is 48.5 Å². The van der Waals surface area contributed by atoms with E-state index in [0.717, 1.165) is 6.54 Å². The topological polar surface area (TPSA) is 84.0 Å². The maximum Gasteiger partial charge on any atom is 0.407 e. The molecule has 0 rings (SSSR count). The van der Waals surface area contributed by atoms with Gasteiger partial charge in [-0.15, -0.1) is 0 Å². The third-order valence-electron chi connectivity index (χ3n) is 3.04. The average Bonchev–Trinajstić information content (AvgIpc) is 2.45. The van der Waals surface area contributed by atoms with Gasteiger partial charge >= 0.3 is 6.09 Å². The summed E-state index contributed by atoms with van der Waals surface area (Å²) in [4.78, 5) is 16.5. The number of ether oxygens (including phenoxy) is 2. The normalized spacial score (nSPS) is 13.6. The Hall–Kier alpha value is -1.50. The molecule has 0 heterocycles. The van der Waals surface area contributed by atoms with Gasteiger partial charge in [0.1, 0.15) is 5.60 Å². The van der Waals surface area contributed by atoms with Gasteiger partial charge in [-0.25, -0.2) is 4.79 Å². The zero-order valence-corrected chi connectivity index (χ0v) is 16.4. The number of amides is 1. The standard InChI is InChI=1S/C17H36N4O3/c1-8-18-15(19-10-11-23-9-2)20-12-14(13(3)4)21-16(22)24-17(5,6)7/h13-14H,8-12H2,1-7H3,(H,21,22)(H2,18,19,20). The lowest BCUT2D eigenvalue weighted by Gasteiger charge is -2.25. The first kappa shape index (κ1) is 22.5. The van der Waals surface area contributed by atoms with Crippen LogP contribution in [0.3, 0.4) is 0 Å². The predicted molar refractivity (Wildman–Crippen MR) is 98.5 cm³/mol. The van der Waals surface area contributed by atoms with Crippen LogP contribution in [0.4, 0.5) is 4.79 Å². The molecular weight excluding hydrogens is 308 g/mol. The molecule has 7 heteroatoms. The Morgan fingerprint density at radius 2 is 1.83 bits per heavy atom. The second kappa shape index (κ2) is 11.9. The smallest absolute Gasteiger partial charge is 0.407 e. The fraction of sp³-hybridized carbons (Fsp3) is 0.882. The van der Waals surface area contributed by atoms with Crippen LogP contribution in [0.2, 0.25) is 0 Å². The Kier molecular flexibility index (Phi) is 11.2. The van der Waals surface area contributed by atoms with Gasteiger partial charge in [0.2, 0.25) is 0 Å². The molecule has 0 saturated carbocycles. The van der Waals surface area contributed by atoms with Gasteiger partial charge in [-0.2, -0.15) is 0 Å². The molecule has 0 aromatic rings. The van der Waals surface area contributed by atoms with Crippen LogP contribution in [-0.2, 0) is 9.47 Å². The molecule has 142 valence electrons. The van der Waals surface area contributed by atoms with Crippen molar-refractivity contribution in [2.75, 3.05) is 32.8 Å². The van der Waals surface area contributed by atoms with Crippen molar-refractivity contribution in [3.8, 4) is 0 Å². The lowest BCUT2D eigenvalue weighted by atomic mass is 10.1. The van der Waals surface area contributed by atoms with E-state index in [1.165, 1.54) is 0 Å². The van der Waals surface area contributed by atoms with E-state index >= 15 is 0 Å². The van der Waals surface area contributed by atoms with Gasteiger partial charge in [0, 0.05) is 19.7 Å². The Morgan fingerprint density at radius 1 is 1.17 bits per heavy atom. The Balaban J connectivity index is 4.61. The van der Waals surface area contributed by atoms with Crippen molar-refractivity contribution in [3.05, 3.63) is 0 Å². The van der Waals surface area contributed by atoms with Crippen LogP contribution >= 0.6 is 0 Å². The lowest BCUT2D eigenvalue weighted by Crippen LogP contribution is -2.45. The van der Waals surface area contributed by atoms with Crippen LogP contribution in [0.1, 0.15) is 48.5 Å². The molecule has 7 nitrogen and oxygen atoms in total. The van der Waals surface area contributed by atoms with Crippen molar-refractivity contribution in [2.24, 2.45) is 10.9 Å². The molecule has 0 aliphatic heterocycles. The number of alkyl carbamates (subject to hydrolysis) is 1. The highest BCUT2D eigenvalue weighted by Gasteiger charge is 2.21. The van der Waals surface area contributed by atoms with Crippen molar-refractivity contribution >= 4 is 12.1 Å². The van der Waals surface area contributed by atoms with Crippen LogP contribution in [0.25, 0.3) is 0 Å². The number of nitrogens with zero attached hydrogens (tertiary/aromatic N) is 1. The molecule has 1 unspecified atom stereocenters. The number of hydrogen-bond donors (Lipinski definition) is 3. The van der Waals surface area contributed by atoms with Crippen molar-refractivity contribution in [1.82, 2.24) is 16.0 Å². The largest absolute Gasteiger partial charge is 0.444 e. The highest BCUT2D eigenvalue weighted by molar-refractivity contribution is 5.79. The molecule has 0 bridgehead atoms. The number of nitrogens with one attached hydrogen (secondary N) is 3. The zero-order chi connectivity index (χ0) is 18.6. The number of hydrogen-bond acceptors (Lipinski definition) is 4. The summed E-state index contributed by atoms with van der Waals surface area (Å²) in [7, 11) is 0. The van der Waals surface area contributed by atoms with Gasteiger partial charge < -0.3 is 25.4 Å². The van der Waals surface area contributed by atoms with E-state index in [-0.39, 0.29) is 12.0 Å². The van der Waals surface area contributed by atoms with Crippen LogP contribution < -0.4 is 16.0 Å². The molecule has 0 aromatic heterocycles. The first-order valence-electron chi connectivity index (χ1n) is 8.79. The number of rotatable bonds is 9. The summed E-state index contributed by atoms with van der Waals surface area (Å²) < 4.78 is 10.6. The predicted octanol–water partition coefficient (Wildman–Crippen LogP) is 2.13. The van der Waals surface area contributed by atoms with Crippen molar-refractivity contribution in [3.63, 3.8) is 0 Å². The summed E-state index contributed by atoms with van der Waals surface area (Å²) in [5.41, 5.74) is -0.509. The molecule has 0 spiro atoms. The van der Waals surface area contributed by atoms with E-state index in [9.17, 15) is 4.79 Å². The summed E-state index contributed by atoms with van der Waals surface area (Å²) in [5.74, 6) is 0.960. The highest BCUT2D eigenvalue weighted by Crippen LogP contribution is 2.09. The van der Waals surface area contributed by atoms with Gasteiger partial charge in [0.25, 0.3) is 0 Å². The summed E-state index contributed by atoms with van der Waals surface area (Å²) in [6.07, 6.45) is -0.411. The van der Waals surface area contributed by atoms with Crippen LogP contribution in [0.5, 0.6) is 0 Å². The highest BCUT2D eigenvalue weighted by atomic mass is 16.6. The minimum atomic E-state index is -0.509. The maximum absolute atomic E-state index is 12.0. The van der Waals surface area contributed by atoms with Gasteiger partial charge in [-0.05, 0) is 40.5 Å². The first-order chi connectivity index (χ1) is 11.2. The Labute approximate surface area is 147 Å². The van der Waals surface area contributed by atoms with E-state index in [1.54, 1.807) is 0 Å². The second-order valence-electron chi connectivity index (χ2n) is 6.84. The summed E-state index contributed by atoms with van der Waals surface area (Å²) >= 11 is 0. The third kappa shape index (κ3) is 12.0. The van der Waals surface area contributed by atoms with Gasteiger partial charge in [-0.1, -0.05) is 13.8 Å². The lowest BCUT2D eigenvalue weighted by molar-refractivity contribution is 0.0493. The van der Waals surface area contributed by atoms with E-state index in [4.69, 9.17) is 9.47 Å². The molecular formula is C17H36N4O3. The van der Waals surface area contributed by atoms with Crippen molar-refractivity contribution in [2.45, 2.75) is 60.1 Å². The SMILES string of the molecule is CCNC(=NCC(NC(=O)OC(C)(C)C)C(C)C)NCCOCC. The van der Waals surface area contributed by atoms with Crippen LogP contribution in [-0.4, -0.2) is 56.5 Å². The number of carbonyl (C=O) groups is 1. The Bertz CT molecular complexity index is 379. The quantitative estimate of drug-likeness (QED) is 0.339. The molecule has 1 amide bonds. The van der Waals surface area contributed by atoms with E-state index in [0.29, 0.717) is 32.3 Å². The first-order valence-corrected chi connectivity index (χ1v) is 8.79. The van der Waals surface area contributed by atoms with Gasteiger partial charge in [-0.3, -0.25) is 4.99 Å². The van der Waals surface area contributed by atoms with Gasteiger partial charge in [0.15, 0.2) is 5.96 Å². The summed E-state index contributed by atoms with van der Waals surface area (Å²) in [6.45, 7) is 16.9. The molecule has 0 fully saturated rings. The minimum Gasteiger partial charge on any atom is -0.444 e. The molecule has 0 saturated heterocycles. The van der Waals surface area contributed by atoms with Crippen molar-refractivity contribution < 1.29 is 14.3 Å². The summed E-state index contributed by atoms with van der Waals surface area (Å²) in [5, 5.41) is 9.29. The minimum absolute atomic E-state index is 0.0952. The third-order valence-corrected chi connectivity index (χ3v) is 3.04. The second-order valence-corrected chi connectivity index (χ2v) is 6.84.